The summed E-state index contributed by atoms with van der Waals surface area (Å²) in [6.45, 7) is 3.86. The third-order valence-electron chi connectivity index (χ3n) is 2.50. The van der Waals surface area contributed by atoms with Crippen LogP contribution in [0.25, 0.3) is 0 Å². The maximum atomic E-state index is 11.1. The minimum absolute atomic E-state index is 0.0351. The lowest BCUT2D eigenvalue weighted by Crippen LogP contribution is -2.24. The van der Waals surface area contributed by atoms with E-state index >= 15 is 0 Å². The van der Waals surface area contributed by atoms with E-state index in [0.29, 0.717) is 26.1 Å². The summed E-state index contributed by atoms with van der Waals surface area (Å²) < 4.78 is 7.55. The van der Waals surface area contributed by atoms with Gasteiger partial charge in [0.15, 0.2) is 0 Å². The van der Waals surface area contributed by atoms with Gasteiger partial charge in [0, 0.05) is 36.6 Å². The van der Waals surface area contributed by atoms with Gasteiger partial charge in [-0.15, -0.1) is 0 Å². The van der Waals surface area contributed by atoms with Crippen LogP contribution in [0, 0.1) is 0 Å². The first-order valence-electron chi connectivity index (χ1n) is 6.10. The van der Waals surface area contributed by atoms with Gasteiger partial charge in [-0.05, 0) is 35.0 Å². The van der Waals surface area contributed by atoms with Crippen molar-refractivity contribution in [1.29, 1.82) is 0 Å². The number of ether oxygens (including phenoxy) is 1. The summed E-state index contributed by atoms with van der Waals surface area (Å²) in [6, 6.07) is 3.97. The van der Waals surface area contributed by atoms with Crippen molar-refractivity contribution in [2.75, 3.05) is 20.2 Å². The highest BCUT2D eigenvalue weighted by molar-refractivity contribution is 9.11. The van der Waals surface area contributed by atoms with Crippen molar-refractivity contribution in [1.82, 2.24) is 10.6 Å². The number of halogens is 2. The van der Waals surface area contributed by atoms with Gasteiger partial charge in [-0.3, -0.25) is 4.79 Å². The molecular weight excluding hydrogens is 376 g/mol. The lowest BCUT2D eigenvalue weighted by atomic mass is 10.2. The van der Waals surface area contributed by atoms with Crippen LogP contribution >= 0.6 is 31.9 Å². The van der Waals surface area contributed by atoms with Crippen molar-refractivity contribution >= 4 is 37.8 Å². The Hall–Kier alpha value is -0.590. The lowest BCUT2D eigenvalue weighted by Gasteiger charge is -2.13. The van der Waals surface area contributed by atoms with Gasteiger partial charge in [-0.25, -0.2) is 0 Å². The molecule has 1 aromatic rings. The smallest absolute Gasteiger partial charge is 0.221 e. The minimum Gasteiger partial charge on any atom is -0.492 e. The highest BCUT2D eigenvalue weighted by atomic mass is 79.9. The molecule has 4 nitrogen and oxygen atoms in total. The Labute approximate surface area is 130 Å². The number of benzene rings is 1. The monoisotopic (exact) mass is 392 g/mol. The van der Waals surface area contributed by atoms with Gasteiger partial charge in [0.1, 0.15) is 5.75 Å². The molecule has 0 radical (unpaired) electrons. The number of amides is 1. The Morgan fingerprint density at radius 2 is 2.11 bits per heavy atom. The molecule has 1 rings (SSSR count). The quantitative estimate of drug-likeness (QED) is 0.700. The molecule has 19 heavy (non-hydrogen) atoms. The first-order chi connectivity index (χ1) is 9.08. The van der Waals surface area contributed by atoms with Crippen LogP contribution in [0.1, 0.15) is 18.9 Å². The largest absolute Gasteiger partial charge is 0.492 e. The number of carbonyl (C=O) groups is 1. The number of hydrogen-bond acceptors (Lipinski definition) is 3. The van der Waals surface area contributed by atoms with Crippen LogP contribution in [-0.4, -0.2) is 26.1 Å². The van der Waals surface area contributed by atoms with Crippen LogP contribution in [0.4, 0.5) is 0 Å². The van der Waals surface area contributed by atoms with E-state index in [0.717, 1.165) is 20.3 Å². The number of rotatable bonds is 7. The Kier molecular flexibility index (Phi) is 7.41. The number of nitrogens with one attached hydrogen (secondary N) is 2. The SMILES string of the molecule is CCOc1c(Br)cc(Br)cc1CNCCC(=O)NC. The van der Waals surface area contributed by atoms with Crippen molar-refractivity contribution < 1.29 is 9.53 Å². The molecule has 0 aliphatic heterocycles. The maximum Gasteiger partial charge on any atom is 0.221 e. The van der Waals surface area contributed by atoms with Crippen molar-refractivity contribution in [2.45, 2.75) is 19.9 Å². The first kappa shape index (κ1) is 16.5. The van der Waals surface area contributed by atoms with E-state index in [9.17, 15) is 4.79 Å². The molecule has 0 spiro atoms. The zero-order valence-corrected chi connectivity index (χ0v) is 14.2. The van der Waals surface area contributed by atoms with Crippen molar-refractivity contribution in [2.24, 2.45) is 0 Å². The van der Waals surface area contributed by atoms with E-state index in [2.05, 4.69) is 42.5 Å². The fourth-order valence-corrected chi connectivity index (χ4v) is 3.03. The topological polar surface area (TPSA) is 50.4 Å². The summed E-state index contributed by atoms with van der Waals surface area (Å²) in [5.74, 6) is 0.881. The molecule has 1 aromatic carbocycles. The molecule has 0 atom stereocenters. The minimum atomic E-state index is 0.0351. The second kappa shape index (κ2) is 8.55. The van der Waals surface area contributed by atoms with Crippen LogP contribution in [0.3, 0.4) is 0 Å². The summed E-state index contributed by atoms with van der Waals surface area (Å²) >= 11 is 6.96. The van der Waals surface area contributed by atoms with E-state index in [1.54, 1.807) is 7.05 Å². The lowest BCUT2D eigenvalue weighted by molar-refractivity contribution is -0.120. The van der Waals surface area contributed by atoms with Gasteiger partial charge >= 0.3 is 0 Å². The Morgan fingerprint density at radius 3 is 2.74 bits per heavy atom. The molecular formula is C13H18Br2N2O2. The van der Waals surface area contributed by atoms with Gasteiger partial charge in [0.25, 0.3) is 0 Å². The highest BCUT2D eigenvalue weighted by Gasteiger charge is 2.09. The van der Waals surface area contributed by atoms with Gasteiger partial charge in [0.2, 0.25) is 5.91 Å². The molecule has 0 saturated carbocycles. The second-order valence-electron chi connectivity index (χ2n) is 3.91. The fourth-order valence-electron chi connectivity index (χ4n) is 1.60. The molecule has 2 N–H and O–H groups in total. The van der Waals surface area contributed by atoms with E-state index in [1.165, 1.54) is 0 Å². The van der Waals surface area contributed by atoms with Gasteiger partial charge in [0.05, 0.1) is 11.1 Å². The molecule has 1 amide bonds. The van der Waals surface area contributed by atoms with E-state index in [-0.39, 0.29) is 5.91 Å². The highest BCUT2D eigenvalue weighted by Crippen LogP contribution is 2.32. The van der Waals surface area contributed by atoms with Crippen LogP contribution in [0.5, 0.6) is 5.75 Å². The molecule has 0 fully saturated rings. The molecule has 0 heterocycles. The fraction of sp³-hybridized carbons (Fsp3) is 0.462. The van der Waals surface area contributed by atoms with Crippen molar-refractivity contribution in [3.63, 3.8) is 0 Å². The third-order valence-corrected chi connectivity index (χ3v) is 3.54. The van der Waals surface area contributed by atoms with Crippen molar-refractivity contribution in [3.8, 4) is 5.75 Å². The molecule has 6 heteroatoms. The van der Waals surface area contributed by atoms with Crippen LogP contribution < -0.4 is 15.4 Å². The van der Waals surface area contributed by atoms with Gasteiger partial charge in [-0.2, -0.15) is 0 Å². The Balaban J connectivity index is 2.63. The molecule has 0 bridgehead atoms. The summed E-state index contributed by atoms with van der Waals surface area (Å²) in [4.78, 5) is 11.1. The summed E-state index contributed by atoms with van der Waals surface area (Å²) in [7, 11) is 1.64. The van der Waals surface area contributed by atoms with Crippen LogP contribution in [0.2, 0.25) is 0 Å². The first-order valence-corrected chi connectivity index (χ1v) is 7.69. The summed E-state index contributed by atoms with van der Waals surface area (Å²) in [5.41, 5.74) is 1.06. The van der Waals surface area contributed by atoms with Crippen LogP contribution in [0.15, 0.2) is 21.1 Å². The molecule has 0 unspecified atom stereocenters. The molecule has 0 aromatic heterocycles. The Morgan fingerprint density at radius 1 is 1.37 bits per heavy atom. The predicted octanol–water partition coefficient (Wildman–Crippen LogP) is 2.84. The molecule has 0 aliphatic rings. The van der Waals surface area contributed by atoms with E-state index in [1.807, 2.05) is 19.1 Å². The zero-order chi connectivity index (χ0) is 14.3. The van der Waals surface area contributed by atoms with E-state index in [4.69, 9.17) is 4.74 Å². The summed E-state index contributed by atoms with van der Waals surface area (Å²) in [5, 5.41) is 5.83. The predicted molar refractivity (Wildman–Crippen MR) is 83.4 cm³/mol. The Bertz CT molecular complexity index is 439. The number of hydrogen-bond donors (Lipinski definition) is 2. The van der Waals surface area contributed by atoms with Crippen molar-refractivity contribution in [3.05, 3.63) is 26.6 Å². The van der Waals surface area contributed by atoms with E-state index < -0.39 is 0 Å². The third kappa shape index (κ3) is 5.50. The maximum absolute atomic E-state index is 11.1. The van der Waals surface area contributed by atoms with Gasteiger partial charge < -0.3 is 15.4 Å². The second-order valence-corrected chi connectivity index (χ2v) is 5.68. The average molecular weight is 394 g/mol. The van der Waals surface area contributed by atoms with Gasteiger partial charge in [-0.1, -0.05) is 15.9 Å². The molecule has 0 saturated heterocycles. The molecule has 0 aliphatic carbocycles. The zero-order valence-electron chi connectivity index (χ0n) is 11.1. The standard InChI is InChI=1S/C13H18Br2N2O2/c1-3-19-13-9(6-10(14)7-11(13)15)8-17-5-4-12(18)16-2/h6-7,17H,3-5,8H2,1-2H3,(H,16,18). The average Bonchev–Trinajstić information content (AvgIpc) is 2.38. The normalized spacial score (nSPS) is 10.3. The van der Waals surface area contributed by atoms with Crippen LogP contribution in [-0.2, 0) is 11.3 Å². The number of carbonyl (C=O) groups excluding carboxylic acids is 1. The summed E-state index contributed by atoms with van der Waals surface area (Å²) in [6.07, 6.45) is 0.468. The molecule has 106 valence electrons.